The number of ether oxygens (including phenoxy) is 4. The number of esters is 3. The highest BCUT2D eigenvalue weighted by molar-refractivity contribution is 5.87. The largest absolute Gasteiger partial charge is 0.478 e. The third-order valence-corrected chi connectivity index (χ3v) is 5.12. The second-order valence-corrected chi connectivity index (χ2v) is 8.48. The standard InChI is InChI=1S/C9H11NO3.C9H16O2.C7H10O3.C4H6O2/c1-2-10(7-5-9(12)13)6-3-4-8(10)11;1-3-5-6-7-8-11-9(10)4-2;1-5(2)7(8)10-4-6-3-9-6;1-3-4(5)6-2/h2,5,7H,1,3-4,6H2;4H,2-3,5-8H2,1H3;6H,1,3-4H2,2H3;3H,1H2,2H3/p+1. The number of likely N-dealkylation sites (tertiary alicyclic amines) is 1. The van der Waals surface area contributed by atoms with Crippen molar-refractivity contribution in [1.82, 2.24) is 0 Å². The number of hydrogen-bond acceptors (Lipinski definition) is 9. The molecule has 0 spiro atoms. The molecule has 224 valence electrons. The smallest absolute Gasteiger partial charge is 0.333 e. The van der Waals surface area contributed by atoms with Gasteiger partial charge in [0.2, 0.25) is 0 Å². The van der Waals surface area contributed by atoms with E-state index in [0.717, 1.165) is 31.4 Å². The molecule has 0 aromatic rings. The maximum atomic E-state index is 11.4. The number of carboxylic acids is 1. The van der Waals surface area contributed by atoms with Crippen molar-refractivity contribution >= 4 is 29.8 Å². The molecule has 0 aliphatic carbocycles. The van der Waals surface area contributed by atoms with E-state index in [9.17, 15) is 24.0 Å². The minimum atomic E-state index is -1.04. The number of hydrogen-bond donors (Lipinski definition) is 1. The third kappa shape index (κ3) is 20.2. The Balaban J connectivity index is 0. The fourth-order valence-corrected chi connectivity index (χ4v) is 2.73. The molecule has 0 bridgehead atoms. The van der Waals surface area contributed by atoms with E-state index in [2.05, 4.69) is 38.0 Å². The second-order valence-electron chi connectivity index (χ2n) is 8.48. The Kier molecular flexibility index (Phi) is 22.1. The van der Waals surface area contributed by atoms with Crippen LogP contribution in [0.5, 0.6) is 0 Å². The van der Waals surface area contributed by atoms with Crippen molar-refractivity contribution < 1.29 is 52.5 Å². The summed E-state index contributed by atoms with van der Waals surface area (Å²) in [5.74, 6) is -2.08. The van der Waals surface area contributed by atoms with Crippen LogP contribution in [0, 0.1) is 0 Å². The first kappa shape index (κ1) is 38.3. The quantitative estimate of drug-likeness (QED) is 0.0866. The average Bonchev–Trinajstić information content (AvgIpc) is 3.71. The van der Waals surface area contributed by atoms with Crippen LogP contribution in [0.4, 0.5) is 0 Å². The van der Waals surface area contributed by atoms with Gasteiger partial charge in [-0.1, -0.05) is 45.9 Å². The molecule has 2 fully saturated rings. The van der Waals surface area contributed by atoms with E-state index in [1.54, 1.807) is 6.92 Å². The fourth-order valence-electron chi connectivity index (χ4n) is 2.73. The minimum Gasteiger partial charge on any atom is -0.478 e. The van der Waals surface area contributed by atoms with Crippen LogP contribution in [0.3, 0.4) is 0 Å². The number of amides is 1. The van der Waals surface area contributed by atoms with Crippen LogP contribution in [0.2, 0.25) is 0 Å². The van der Waals surface area contributed by atoms with Crippen LogP contribution >= 0.6 is 0 Å². The summed E-state index contributed by atoms with van der Waals surface area (Å²) >= 11 is 0. The molecule has 2 atom stereocenters. The van der Waals surface area contributed by atoms with E-state index in [-0.39, 0.29) is 28.4 Å². The predicted molar refractivity (Wildman–Crippen MR) is 149 cm³/mol. The van der Waals surface area contributed by atoms with Crippen molar-refractivity contribution in [2.75, 3.05) is 33.5 Å². The van der Waals surface area contributed by atoms with E-state index in [0.29, 0.717) is 38.4 Å². The number of unbranched alkanes of at least 4 members (excludes halogenated alkanes) is 3. The van der Waals surface area contributed by atoms with Crippen molar-refractivity contribution in [3.05, 3.63) is 62.5 Å². The summed E-state index contributed by atoms with van der Waals surface area (Å²) in [6.07, 6.45) is 12.1. The van der Waals surface area contributed by atoms with Crippen molar-refractivity contribution in [2.45, 2.75) is 58.5 Å². The van der Waals surface area contributed by atoms with Crippen LogP contribution in [0.15, 0.2) is 62.5 Å². The lowest BCUT2D eigenvalue weighted by atomic mass is 10.2. The first-order chi connectivity index (χ1) is 18.9. The number of quaternary nitrogens is 1. The number of rotatable bonds is 13. The molecule has 40 heavy (non-hydrogen) atoms. The van der Waals surface area contributed by atoms with Gasteiger partial charge in [-0.25, -0.2) is 28.5 Å². The van der Waals surface area contributed by atoms with Gasteiger partial charge in [0.05, 0.1) is 39.4 Å². The topological polar surface area (TPSA) is 146 Å². The van der Waals surface area contributed by atoms with Crippen molar-refractivity contribution in [2.24, 2.45) is 0 Å². The molecule has 2 saturated heterocycles. The number of carbonyl (C=O) groups excluding carboxylic acids is 4. The molecule has 2 rings (SSSR count). The molecule has 1 N–H and O–H groups in total. The van der Waals surface area contributed by atoms with Crippen LogP contribution in [-0.2, 0) is 42.9 Å². The Morgan fingerprint density at radius 1 is 1.07 bits per heavy atom. The van der Waals surface area contributed by atoms with Gasteiger partial charge in [0.15, 0.2) is 0 Å². The molecular weight excluding hydrogens is 522 g/mol. The first-order valence-electron chi connectivity index (χ1n) is 12.8. The maximum Gasteiger partial charge on any atom is 0.333 e. The highest BCUT2D eigenvalue weighted by atomic mass is 16.6. The van der Waals surface area contributed by atoms with Gasteiger partial charge in [-0.2, -0.15) is 0 Å². The van der Waals surface area contributed by atoms with Gasteiger partial charge in [-0.15, -0.1) is 0 Å². The molecule has 2 unspecified atom stereocenters. The highest BCUT2D eigenvalue weighted by Gasteiger charge is 2.37. The number of epoxide rings is 1. The Labute approximate surface area is 237 Å². The van der Waals surface area contributed by atoms with Gasteiger partial charge < -0.3 is 24.1 Å². The summed E-state index contributed by atoms with van der Waals surface area (Å²) in [6, 6.07) is 0. The Morgan fingerprint density at radius 3 is 2.08 bits per heavy atom. The van der Waals surface area contributed by atoms with E-state index in [4.69, 9.17) is 19.3 Å². The summed E-state index contributed by atoms with van der Waals surface area (Å²) in [7, 11) is 1.31. The molecule has 0 aromatic heterocycles. The Morgan fingerprint density at radius 2 is 1.70 bits per heavy atom. The molecule has 2 heterocycles. The van der Waals surface area contributed by atoms with Crippen LogP contribution in [0.25, 0.3) is 0 Å². The van der Waals surface area contributed by atoms with Crippen LogP contribution < -0.4 is 0 Å². The normalized spacial score (nSPS) is 18.2. The van der Waals surface area contributed by atoms with Gasteiger partial charge in [0, 0.05) is 24.1 Å². The summed E-state index contributed by atoms with van der Waals surface area (Å²) < 4.78 is 18.5. The van der Waals surface area contributed by atoms with Crippen molar-refractivity contribution in [1.29, 1.82) is 0 Å². The zero-order valence-electron chi connectivity index (χ0n) is 23.9. The van der Waals surface area contributed by atoms with Crippen LogP contribution in [0.1, 0.15) is 52.4 Å². The summed E-state index contributed by atoms with van der Waals surface area (Å²) in [5.41, 5.74) is 0.431. The molecule has 0 saturated carbocycles. The minimum absolute atomic E-state index is 0.00694. The van der Waals surface area contributed by atoms with Gasteiger partial charge >= 0.3 is 29.8 Å². The monoisotopic (exact) mass is 566 g/mol. The third-order valence-electron chi connectivity index (χ3n) is 5.12. The van der Waals surface area contributed by atoms with E-state index in [1.807, 2.05) is 0 Å². The maximum absolute atomic E-state index is 11.4. The molecule has 2 aliphatic rings. The SMILES string of the molecule is C=C(C)C(=O)OCC1CO1.C=CC(=O)OC.C=CC(=O)OCCCCCC.C=C[N+]1(C=CC(=O)O)CCCC1=O. The zero-order valence-corrected chi connectivity index (χ0v) is 23.9. The van der Waals surface area contributed by atoms with E-state index in [1.165, 1.54) is 38.4 Å². The molecule has 11 nitrogen and oxygen atoms in total. The number of methoxy groups -OCH3 is 1. The zero-order chi connectivity index (χ0) is 31.0. The summed E-state index contributed by atoms with van der Waals surface area (Å²) in [4.78, 5) is 52.7. The van der Waals surface area contributed by atoms with Crippen molar-refractivity contribution in [3.8, 4) is 0 Å². The molecular formula is C29H44NO10+. The highest BCUT2D eigenvalue weighted by Crippen LogP contribution is 2.22. The second kappa shape index (κ2) is 23.1. The molecule has 2 aliphatic heterocycles. The summed E-state index contributed by atoms with van der Waals surface area (Å²) in [6.45, 7) is 19.4. The molecule has 0 radical (unpaired) electrons. The number of carboxylic acid groups (broad SMARTS) is 1. The van der Waals surface area contributed by atoms with E-state index < -0.39 is 11.9 Å². The Hall–Kier alpha value is -3.83. The molecule has 0 aromatic carbocycles. The fraction of sp³-hybridized carbons (Fsp3) is 0.483. The Bertz CT molecular complexity index is 904. The summed E-state index contributed by atoms with van der Waals surface area (Å²) in [5, 5.41) is 8.43. The number of carbonyl (C=O) groups is 5. The number of nitrogens with zero attached hydrogens (tertiary/aromatic N) is 1. The van der Waals surface area contributed by atoms with Gasteiger partial charge in [0.1, 0.15) is 25.1 Å². The van der Waals surface area contributed by atoms with Gasteiger partial charge in [-0.05, 0) is 19.9 Å². The van der Waals surface area contributed by atoms with Crippen molar-refractivity contribution in [3.63, 3.8) is 0 Å². The molecule has 11 heteroatoms. The van der Waals surface area contributed by atoms with E-state index >= 15 is 0 Å². The van der Waals surface area contributed by atoms with Gasteiger partial charge in [-0.3, -0.25) is 0 Å². The number of aliphatic carboxylic acids is 1. The average molecular weight is 567 g/mol. The lowest BCUT2D eigenvalue weighted by molar-refractivity contribution is -0.738. The lowest BCUT2D eigenvalue weighted by Gasteiger charge is -2.20. The molecule has 1 amide bonds. The predicted octanol–water partition coefficient (Wildman–Crippen LogP) is 4.01. The first-order valence-corrected chi connectivity index (χ1v) is 12.8. The van der Waals surface area contributed by atoms with Crippen LogP contribution in [-0.4, -0.2) is 79.0 Å². The lowest BCUT2D eigenvalue weighted by Crippen LogP contribution is -2.37. The van der Waals surface area contributed by atoms with Gasteiger partial charge in [0.25, 0.3) is 0 Å².